The summed E-state index contributed by atoms with van der Waals surface area (Å²) in [6.45, 7) is 2.48. The molecule has 0 fully saturated rings. The molecule has 0 aliphatic carbocycles. The molecule has 1 unspecified atom stereocenters. The zero-order chi connectivity index (χ0) is 22.4. The van der Waals surface area contributed by atoms with E-state index >= 15 is 0 Å². The van der Waals surface area contributed by atoms with E-state index in [1.54, 1.807) is 12.1 Å². The third kappa shape index (κ3) is 3.59. The zero-order valence-corrected chi connectivity index (χ0v) is 19.5. The number of benzene rings is 3. The number of H-pyrrole nitrogens is 1. The predicted octanol–water partition coefficient (Wildman–Crippen LogP) is 6.25. The average Bonchev–Trinajstić information content (AvgIpc) is 3.31. The maximum atomic E-state index is 13.5. The quantitative estimate of drug-likeness (QED) is 0.342. The van der Waals surface area contributed by atoms with E-state index in [1.165, 1.54) is 6.07 Å². The highest BCUT2D eigenvalue weighted by Crippen LogP contribution is 2.45. The molecule has 0 radical (unpaired) electrons. The molecule has 5 rings (SSSR count). The van der Waals surface area contributed by atoms with Crippen molar-refractivity contribution in [2.45, 2.75) is 19.5 Å². The van der Waals surface area contributed by atoms with E-state index in [9.17, 15) is 9.90 Å². The second-order valence-electron chi connectivity index (χ2n) is 7.90. The molecule has 7 heteroatoms. The highest BCUT2D eigenvalue weighted by Gasteiger charge is 2.42. The van der Waals surface area contributed by atoms with Gasteiger partial charge in [-0.1, -0.05) is 69.5 Å². The molecule has 2 heterocycles. The highest BCUT2D eigenvalue weighted by molar-refractivity contribution is 9.10. The third-order valence-corrected chi connectivity index (χ3v) is 6.44. The average molecular weight is 509 g/mol. The summed E-state index contributed by atoms with van der Waals surface area (Å²) in [7, 11) is 0. The van der Waals surface area contributed by atoms with Crippen molar-refractivity contribution in [1.29, 1.82) is 0 Å². The van der Waals surface area contributed by atoms with Crippen molar-refractivity contribution in [2.24, 2.45) is 0 Å². The number of hydrogen-bond donors (Lipinski definition) is 2. The first kappa shape index (κ1) is 20.8. The molecule has 0 bridgehead atoms. The van der Waals surface area contributed by atoms with E-state index < -0.39 is 0 Å². The summed E-state index contributed by atoms with van der Waals surface area (Å²) in [5.41, 5.74) is 5.31. The number of halogens is 2. The number of fused-ring (bicyclic) bond motifs is 1. The van der Waals surface area contributed by atoms with Crippen LogP contribution in [0.5, 0.6) is 5.75 Å². The van der Waals surface area contributed by atoms with Crippen LogP contribution in [0.3, 0.4) is 0 Å². The molecule has 0 spiro atoms. The van der Waals surface area contributed by atoms with E-state index in [0.717, 1.165) is 26.7 Å². The van der Waals surface area contributed by atoms with Gasteiger partial charge in [-0.25, -0.2) is 0 Å². The van der Waals surface area contributed by atoms with Crippen LogP contribution in [-0.2, 0) is 6.54 Å². The number of nitrogens with one attached hydrogen (secondary N) is 1. The fraction of sp³-hybridized carbons (Fsp3) is 0.120. The molecule has 3 aromatic carbocycles. The van der Waals surface area contributed by atoms with Crippen LogP contribution in [0.2, 0.25) is 5.02 Å². The minimum Gasteiger partial charge on any atom is -0.507 e. The number of aromatic hydroxyl groups is 1. The Morgan fingerprint density at radius 3 is 2.66 bits per heavy atom. The predicted molar refractivity (Wildman–Crippen MR) is 128 cm³/mol. The van der Waals surface area contributed by atoms with Crippen molar-refractivity contribution in [3.05, 3.63) is 104 Å². The van der Waals surface area contributed by atoms with Crippen LogP contribution < -0.4 is 0 Å². The summed E-state index contributed by atoms with van der Waals surface area (Å²) >= 11 is 9.75. The Hall–Kier alpha value is -3.09. The van der Waals surface area contributed by atoms with Gasteiger partial charge in [0.25, 0.3) is 5.91 Å². The second-order valence-corrected chi connectivity index (χ2v) is 9.25. The van der Waals surface area contributed by atoms with Crippen LogP contribution in [0.4, 0.5) is 0 Å². The standard InChI is InChI=1S/C25H19BrClN3O2/c1-14-5-7-15(8-6-14)13-30-24(16-3-2-4-17(26)11-16)21-22(28-29-23(21)25(30)32)19-12-18(27)9-10-20(19)31/h2-12,24,31H,13H2,1H3,(H,28,29). The number of phenols is 1. The molecule has 1 amide bonds. The molecule has 0 saturated heterocycles. The summed E-state index contributed by atoms with van der Waals surface area (Å²) in [6, 6.07) is 20.5. The minimum absolute atomic E-state index is 0.0566. The summed E-state index contributed by atoms with van der Waals surface area (Å²) < 4.78 is 0.918. The van der Waals surface area contributed by atoms with E-state index in [1.807, 2.05) is 60.4 Å². The van der Waals surface area contributed by atoms with E-state index in [-0.39, 0.29) is 17.7 Å². The van der Waals surface area contributed by atoms with Gasteiger partial charge in [0.1, 0.15) is 17.1 Å². The van der Waals surface area contributed by atoms with E-state index in [4.69, 9.17) is 11.6 Å². The van der Waals surface area contributed by atoms with Crippen LogP contribution >= 0.6 is 27.5 Å². The van der Waals surface area contributed by atoms with Gasteiger partial charge in [-0.3, -0.25) is 9.89 Å². The lowest BCUT2D eigenvalue weighted by Crippen LogP contribution is -2.29. The van der Waals surface area contributed by atoms with Gasteiger partial charge in [0.2, 0.25) is 0 Å². The van der Waals surface area contributed by atoms with Gasteiger partial charge < -0.3 is 10.0 Å². The number of carbonyl (C=O) groups is 1. The number of amides is 1. The van der Waals surface area contributed by atoms with Gasteiger partial charge in [-0.15, -0.1) is 0 Å². The Bertz CT molecular complexity index is 1330. The SMILES string of the molecule is Cc1ccc(CN2C(=O)c3[nH]nc(-c4cc(Cl)ccc4O)c3C2c2cccc(Br)c2)cc1. The Labute approximate surface area is 198 Å². The van der Waals surface area contributed by atoms with Gasteiger partial charge in [-0.2, -0.15) is 5.10 Å². The minimum atomic E-state index is -0.372. The number of nitrogens with zero attached hydrogens (tertiary/aromatic N) is 2. The smallest absolute Gasteiger partial charge is 0.273 e. The van der Waals surface area contributed by atoms with Crippen LogP contribution in [0.1, 0.15) is 38.8 Å². The van der Waals surface area contributed by atoms with Gasteiger partial charge in [0.15, 0.2) is 0 Å². The maximum Gasteiger partial charge on any atom is 0.273 e. The van der Waals surface area contributed by atoms with E-state index in [2.05, 4.69) is 26.1 Å². The number of carbonyl (C=O) groups excluding carboxylic acids is 1. The number of hydrogen-bond acceptors (Lipinski definition) is 3. The molecule has 1 atom stereocenters. The molecular formula is C25H19BrClN3O2. The lowest BCUT2D eigenvalue weighted by molar-refractivity contribution is 0.0730. The zero-order valence-electron chi connectivity index (χ0n) is 17.1. The number of phenolic OH excluding ortho intramolecular Hbond substituents is 1. The fourth-order valence-electron chi connectivity index (χ4n) is 4.18. The molecule has 1 aliphatic rings. The van der Waals surface area contributed by atoms with Crippen molar-refractivity contribution in [1.82, 2.24) is 15.1 Å². The Balaban J connectivity index is 1.67. The maximum absolute atomic E-state index is 13.5. The number of aromatic nitrogens is 2. The summed E-state index contributed by atoms with van der Waals surface area (Å²) in [4.78, 5) is 15.3. The highest BCUT2D eigenvalue weighted by atomic mass is 79.9. The third-order valence-electron chi connectivity index (χ3n) is 5.72. The summed E-state index contributed by atoms with van der Waals surface area (Å²) in [5.74, 6) is -0.0769. The largest absolute Gasteiger partial charge is 0.507 e. The fourth-order valence-corrected chi connectivity index (χ4v) is 4.77. The van der Waals surface area contributed by atoms with Crippen molar-refractivity contribution >= 4 is 33.4 Å². The normalized spacial score (nSPS) is 15.3. The summed E-state index contributed by atoms with van der Waals surface area (Å²) in [6.07, 6.45) is 0. The molecule has 4 aromatic rings. The Morgan fingerprint density at radius 1 is 1.12 bits per heavy atom. The molecule has 1 aromatic heterocycles. The molecule has 2 N–H and O–H groups in total. The number of aromatic amines is 1. The van der Waals surface area contributed by atoms with Crippen molar-refractivity contribution in [3.8, 4) is 17.0 Å². The lowest BCUT2D eigenvalue weighted by Gasteiger charge is -2.27. The topological polar surface area (TPSA) is 69.2 Å². The van der Waals surface area contributed by atoms with E-state index in [0.29, 0.717) is 28.5 Å². The first-order chi connectivity index (χ1) is 15.4. The molecule has 5 nitrogen and oxygen atoms in total. The molecule has 160 valence electrons. The van der Waals surface area contributed by atoms with Gasteiger partial charge in [0.05, 0.1) is 6.04 Å². The second kappa shape index (κ2) is 8.11. The van der Waals surface area contributed by atoms with Gasteiger partial charge in [0, 0.05) is 27.2 Å². The molecule has 32 heavy (non-hydrogen) atoms. The first-order valence-electron chi connectivity index (χ1n) is 10.1. The Kier molecular flexibility index (Phi) is 5.27. The van der Waals surface area contributed by atoms with Crippen molar-refractivity contribution < 1.29 is 9.90 Å². The van der Waals surface area contributed by atoms with Gasteiger partial charge >= 0.3 is 0 Å². The molecular weight excluding hydrogens is 490 g/mol. The molecule has 0 saturated carbocycles. The summed E-state index contributed by atoms with van der Waals surface area (Å²) in [5, 5.41) is 18.3. The van der Waals surface area contributed by atoms with Gasteiger partial charge in [-0.05, 0) is 48.4 Å². The van der Waals surface area contributed by atoms with Crippen LogP contribution in [0.25, 0.3) is 11.3 Å². The number of rotatable bonds is 4. The Morgan fingerprint density at radius 2 is 1.91 bits per heavy atom. The molecule has 1 aliphatic heterocycles. The van der Waals surface area contributed by atoms with Crippen LogP contribution in [0.15, 0.2) is 71.2 Å². The van der Waals surface area contributed by atoms with Crippen LogP contribution in [-0.4, -0.2) is 26.1 Å². The first-order valence-corrected chi connectivity index (χ1v) is 11.3. The number of aryl methyl sites for hydroxylation is 1. The monoisotopic (exact) mass is 507 g/mol. The lowest BCUT2D eigenvalue weighted by atomic mass is 9.95. The van der Waals surface area contributed by atoms with Crippen LogP contribution in [0, 0.1) is 6.92 Å². The van der Waals surface area contributed by atoms with Crippen molar-refractivity contribution in [2.75, 3.05) is 0 Å². The van der Waals surface area contributed by atoms with Crippen molar-refractivity contribution in [3.63, 3.8) is 0 Å².